The first-order chi connectivity index (χ1) is 9.26. The van der Waals surface area contributed by atoms with Gasteiger partial charge in [0.2, 0.25) is 0 Å². The molecule has 0 atom stereocenters. The maximum Gasteiger partial charge on any atom is 0.179 e. The Morgan fingerprint density at radius 3 is 2.89 bits per heavy atom. The van der Waals surface area contributed by atoms with E-state index < -0.39 is 5.79 Å². The molecule has 0 N–H and O–H groups in total. The zero-order valence-corrected chi connectivity index (χ0v) is 10.9. The van der Waals surface area contributed by atoms with Crippen LogP contribution in [0.4, 0.5) is 0 Å². The monoisotopic (exact) mass is 277 g/mol. The van der Waals surface area contributed by atoms with Gasteiger partial charge in [0.1, 0.15) is 12.2 Å². The average Bonchev–Trinajstić information content (AvgIpc) is 2.98. The van der Waals surface area contributed by atoms with Crippen LogP contribution in [0.25, 0.3) is 5.69 Å². The minimum Gasteiger partial charge on any atom is -0.347 e. The molecule has 0 radical (unpaired) electrons. The predicted molar refractivity (Wildman–Crippen MR) is 68.4 cm³/mol. The van der Waals surface area contributed by atoms with E-state index in [-0.39, 0.29) is 0 Å². The molecule has 2 aliphatic rings. The van der Waals surface area contributed by atoms with Crippen LogP contribution in [0.3, 0.4) is 0 Å². The van der Waals surface area contributed by atoms with Gasteiger partial charge in [0.05, 0.1) is 25.3 Å². The smallest absolute Gasteiger partial charge is 0.179 e. The van der Waals surface area contributed by atoms with Gasteiger partial charge in [-0.25, -0.2) is 0 Å². The lowest BCUT2D eigenvalue weighted by Crippen LogP contribution is -2.35. The number of aromatic nitrogens is 3. The van der Waals surface area contributed by atoms with E-state index in [1.165, 1.54) is 0 Å². The standard InChI is InChI=1S/C13H12ClN3O2/c14-10-1-2-11-9(5-10)6-13(18-3-4-19-13)7-12-16-15-8-17(11)12/h1-2,5,8H,3-4,6-7H2. The SMILES string of the molecule is Clc1ccc2c(c1)CC1(Cc3nncn3-2)OCCO1. The third kappa shape index (κ3) is 1.77. The van der Waals surface area contributed by atoms with Crippen LogP contribution in [0, 0.1) is 0 Å². The van der Waals surface area contributed by atoms with Crippen molar-refractivity contribution in [1.29, 1.82) is 0 Å². The minimum atomic E-state index is -0.624. The molecule has 4 rings (SSSR count). The van der Waals surface area contributed by atoms with E-state index in [9.17, 15) is 0 Å². The highest BCUT2D eigenvalue weighted by Crippen LogP contribution is 2.34. The third-order valence-corrected chi connectivity index (χ3v) is 3.86. The van der Waals surface area contributed by atoms with Gasteiger partial charge >= 0.3 is 0 Å². The molecule has 1 aromatic heterocycles. The van der Waals surface area contributed by atoms with E-state index in [2.05, 4.69) is 10.2 Å². The lowest BCUT2D eigenvalue weighted by atomic mass is 10.0. The quantitative estimate of drug-likeness (QED) is 0.736. The van der Waals surface area contributed by atoms with Crippen LogP contribution in [-0.2, 0) is 22.3 Å². The highest BCUT2D eigenvalue weighted by molar-refractivity contribution is 6.30. The normalized spacial score (nSPS) is 20.1. The number of rotatable bonds is 0. The van der Waals surface area contributed by atoms with Crippen LogP contribution in [0.5, 0.6) is 0 Å². The molecule has 5 nitrogen and oxygen atoms in total. The van der Waals surface area contributed by atoms with Crippen LogP contribution in [0.15, 0.2) is 24.5 Å². The second kappa shape index (κ2) is 4.03. The lowest BCUT2D eigenvalue weighted by molar-refractivity contribution is -0.155. The molecule has 0 bridgehead atoms. The maximum absolute atomic E-state index is 6.10. The zero-order chi connectivity index (χ0) is 12.9. The Hall–Kier alpha value is -1.43. The molecule has 2 aromatic rings. The molecule has 0 unspecified atom stereocenters. The Morgan fingerprint density at radius 2 is 2.05 bits per heavy atom. The van der Waals surface area contributed by atoms with Crippen molar-refractivity contribution in [2.45, 2.75) is 18.6 Å². The number of nitrogens with zero attached hydrogens (tertiary/aromatic N) is 3. The van der Waals surface area contributed by atoms with Crippen LogP contribution >= 0.6 is 11.6 Å². The number of hydrogen-bond acceptors (Lipinski definition) is 4. The van der Waals surface area contributed by atoms with Crippen molar-refractivity contribution >= 4 is 11.6 Å². The number of fused-ring (bicyclic) bond motifs is 3. The van der Waals surface area contributed by atoms with Crippen molar-refractivity contribution in [3.05, 3.63) is 40.9 Å². The van der Waals surface area contributed by atoms with E-state index in [0.717, 1.165) is 17.1 Å². The van der Waals surface area contributed by atoms with E-state index in [1.54, 1.807) is 6.33 Å². The second-order valence-corrected chi connectivity index (χ2v) is 5.29. The van der Waals surface area contributed by atoms with E-state index in [1.807, 2.05) is 22.8 Å². The van der Waals surface area contributed by atoms with Crippen molar-refractivity contribution in [1.82, 2.24) is 14.8 Å². The topological polar surface area (TPSA) is 49.2 Å². The summed E-state index contributed by atoms with van der Waals surface area (Å²) in [7, 11) is 0. The van der Waals surface area contributed by atoms with Crippen LogP contribution < -0.4 is 0 Å². The Labute approximate surface area is 115 Å². The molecule has 19 heavy (non-hydrogen) atoms. The molecule has 3 heterocycles. The Balaban J connectivity index is 1.92. The van der Waals surface area contributed by atoms with Gasteiger partial charge in [-0.3, -0.25) is 4.57 Å². The zero-order valence-electron chi connectivity index (χ0n) is 10.2. The van der Waals surface area contributed by atoms with Crippen molar-refractivity contribution in [3.8, 4) is 5.69 Å². The summed E-state index contributed by atoms with van der Waals surface area (Å²) in [5, 5.41) is 8.88. The number of benzene rings is 1. The van der Waals surface area contributed by atoms with Crippen molar-refractivity contribution in [2.24, 2.45) is 0 Å². The van der Waals surface area contributed by atoms with Gasteiger partial charge in [0.15, 0.2) is 5.79 Å². The van der Waals surface area contributed by atoms with Gasteiger partial charge in [-0.05, 0) is 23.8 Å². The summed E-state index contributed by atoms with van der Waals surface area (Å²) >= 11 is 6.10. The molecular weight excluding hydrogens is 266 g/mol. The highest BCUT2D eigenvalue weighted by atomic mass is 35.5. The van der Waals surface area contributed by atoms with Crippen molar-refractivity contribution in [3.63, 3.8) is 0 Å². The first kappa shape index (κ1) is 11.4. The largest absolute Gasteiger partial charge is 0.347 e. The second-order valence-electron chi connectivity index (χ2n) is 4.85. The van der Waals surface area contributed by atoms with Gasteiger partial charge < -0.3 is 9.47 Å². The van der Waals surface area contributed by atoms with Crippen LogP contribution in [0.1, 0.15) is 11.4 Å². The fourth-order valence-corrected chi connectivity index (χ4v) is 3.00. The molecule has 1 aromatic carbocycles. The molecule has 1 spiro atoms. The number of halogens is 1. The Morgan fingerprint density at radius 1 is 1.21 bits per heavy atom. The molecule has 1 fully saturated rings. The first-order valence-corrected chi connectivity index (χ1v) is 6.59. The fraction of sp³-hybridized carbons (Fsp3) is 0.385. The molecular formula is C13H12ClN3O2. The molecule has 2 aliphatic heterocycles. The lowest BCUT2D eigenvalue weighted by Gasteiger charge is -2.25. The summed E-state index contributed by atoms with van der Waals surface area (Å²) in [4.78, 5) is 0. The molecule has 0 amide bonds. The van der Waals surface area contributed by atoms with Gasteiger partial charge in [-0.1, -0.05) is 11.6 Å². The fourth-order valence-electron chi connectivity index (χ4n) is 2.81. The summed E-state index contributed by atoms with van der Waals surface area (Å²) in [5.41, 5.74) is 2.13. The van der Waals surface area contributed by atoms with E-state index >= 15 is 0 Å². The molecule has 98 valence electrons. The Kier molecular flexibility index (Phi) is 2.42. The summed E-state index contributed by atoms with van der Waals surface area (Å²) in [5.74, 6) is 0.226. The van der Waals surface area contributed by atoms with E-state index in [4.69, 9.17) is 21.1 Å². The molecule has 0 saturated carbocycles. The van der Waals surface area contributed by atoms with Gasteiger partial charge in [0, 0.05) is 11.4 Å². The highest BCUT2D eigenvalue weighted by Gasteiger charge is 2.41. The van der Waals surface area contributed by atoms with E-state index in [0.29, 0.717) is 31.1 Å². The molecule has 0 aliphatic carbocycles. The number of ether oxygens (including phenoxy) is 2. The predicted octanol–water partition coefficient (Wildman–Crippen LogP) is 1.76. The van der Waals surface area contributed by atoms with Crippen LogP contribution in [0.2, 0.25) is 5.02 Å². The first-order valence-electron chi connectivity index (χ1n) is 6.21. The van der Waals surface area contributed by atoms with Gasteiger partial charge in [0.25, 0.3) is 0 Å². The van der Waals surface area contributed by atoms with Crippen molar-refractivity contribution in [2.75, 3.05) is 13.2 Å². The summed E-state index contributed by atoms with van der Waals surface area (Å²) in [6.07, 6.45) is 2.99. The summed E-state index contributed by atoms with van der Waals surface area (Å²) < 4.78 is 13.7. The molecule has 1 saturated heterocycles. The summed E-state index contributed by atoms with van der Waals surface area (Å²) in [6.45, 7) is 1.23. The maximum atomic E-state index is 6.10. The van der Waals surface area contributed by atoms with Crippen LogP contribution in [-0.4, -0.2) is 33.8 Å². The van der Waals surface area contributed by atoms with Gasteiger partial charge in [-0.15, -0.1) is 10.2 Å². The summed E-state index contributed by atoms with van der Waals surface area (Å²) in [6, 6.07) is 5.82. The average molecular weight is 278 g/mol. The third-order valence-electron chi connectivity index (χ3n) is 3.62. The van der Waals surface area contributed by atoms with Crippen molar-refractivity contribution < 1.29 is 9.47 Å². The minimum absolute atomic E-state index is 0.597. The van der Waals surface area contributed by atoms with Gasteiger partial charge in [-0.2, -0.15) is 0 Å². The molecule has 6 heteroatoms. The number of hydrogen-bond donors (Lipinski definition) is 0. The Bertz CT molecular complexity index is 635.